The maximum absolute atomic E-state index is 12.4. The molecule has 0 atom stereocenters. The van der Waals surface area contributed by atoms with Crippen molar-refractivity contribution >= 4 is 23.2 Å². The molecule has 4 rings (SSSR count). The first-order valence-electron chi connectivity index (χ1n) is 8.17. The summed E-state index contributed by atoms with van der Waals surface area (Å²) in [6.45, 7) is 6.40. The molecule has 0 radical (unpaired) electrons. The van der Waals surface area contributed by atoms with Crippen molar-refractivity contribution in [3.8, 4) is 11.1 Å². The molecule has 3 aliphatic rings. The molecule has 0 spiro atoms. The first-order valence-corrected chi connectivity index (χ1v) is 8.17. The van der Waals surface area contributed by atoms with Crippen molar-refractivity contribution in [1.82, 2.24) is 0 Å². The number of rotatable bonds is 1. The summed E-state index contributed by atoms with van der Waals surface area (Å²) in [5.74, 6) is -0.0311. The molecule has 118 valence electrons. The number of amides is 1. The van der Waals surface area contributed by atoms with Gasteiger partial charge in [0.05, 0.1) is 0 Å². The minimum Gasteiger partial charge on any atom is -0.321 e. The molecule has 0 saturated heterocycles. The molecule has 24 heavy (non-hydrogen) atoms. The van der Waals surface area contributed by atoms with Crippen molar-refractivity contribution in [3.63, 3.8) is 0 Å². The first kappa shape index (κ1) is 14.7. The van der Waals surface area contributed by atoms with Crippen LogP contribution in [0.25, 0.3) is 22.8 Å². The number of carbonyl (C=O) groups excluding carboxylic acids is 1. The SMILES string of the molecule is Cc1cc(C)c2ccc(C=C3C(=O)Nc4ccccc43)c-2c(C)c1. The Labute approximate surface area is 142 Å². The van der Waals surface area contributed by atoms with E-state index < -0.39 is 0 Å². The van der Waals surface area contributed by atoms with Gasteiger partial charge in [0, 0.05) is 16.8 Å². The number of anilines is 1. The maximum atomic E-state index is 12.4. The highest BCUT2D eigenvalue weighted by molar-refractivity contribution is 6.35. The molecule has 0 bridgehead atoms. The molecule has 0 aromatic heterocycles. The summed E-state index contributed by atoms with van der Waals surface area (Å²) in [6.07, 6.45) is 2.02. The van der Waals surface area contributed by atoms with Crippen LogP contribution in [0, 0.1) is 20.8 Å². The monoisotopic (exact) mass is 313 g/mol. The quantitative estimate of drug-likeness (QED) is 0.614. The van der Waals surface area contributed by atoms with Gasteiger partial charge in [-0.1, -0.05) is 48.0 Å². The van der Waals surface area contributed by atoms with Gasteiger partial charge in [-0.2, -0.15) is 0 Å². The van der Waals surface area contributed by atoms with Gasteiger partial charge in [-0.05, 0) is 60.7 Å². The fourth-order valence-electron chi connectivity index (χ4n) is 3.70. The van der Waals surface area contributed by atoms with E-state index in [1.165, 1.54) is 27.8 Å². The predicted octanol–water partition coefficient (Wildman–Crippen LogP) is 5.21. The van der Waals surface area contributed by atoms with E-state index in [2.05, 4.69) is 50.4 Å². The first-order chi connectivity index (χ1) is 11.5. The summed E-state index contributed by atoms with van der Waals surface area (Å²) in [5.41, 5.74) is 9.92. The predicted molar refractivity (Wildman–Crippen MR) is 100 cm³/mol. The standard InChI is InChI=1S/C22H19NO/c1-13-10-14(2)17-9-8-16(21(17)15(3)11-13)12-19-18-6-4-5-7-20(18)23-22(19)24/h4-12H,1-3H3,(H,23,24). The van der Waals surface area contributed by atoms with E-state index in [1.54, 1.807) is 0 Å². The Hall–Kier alpha value is -2.87. The van der Waals surface area contributed by atoms with Crippen molar-refractivity contribution in [2.75, 3.05) is 5.32 Å². The van der Waals surface area contributed by atoms with Gasteiger partial charge in [-0.25, -0.2) is 0 Å². The van der Waals surface area contributed by atoms with E-state index in [9.17, 15) is 4.79 Å². The molecule has 2 heteroatoms. The maximum Gasteiger partial charge on any atom is 0.256 e. The highest BCUT2D eigenvalue weighted by Crippen LogP contribution is 2.38. The summed E-state index contributed by atoms with van der Waals surface area (Å²) in [7, 11) is 0. The average Bonchev–Trinajstić information content (AvgIpc) is 3.06. The Morgan fingerprint density at radius 2 is 1.62 bits per heavy atom. The second-order valence-electron chi connectivity index (χ2n) is 6.53. The third-order valence-electron chi connectivity index (χ3n) is 4.71. The average molecular weight is 313 g/mol. The summed E-state index contributed by atoms with van der Waals surface area (Å²) in [5, 5.41) is 2.94. The fourth-order valence-corrected chi connectivity index (χ4v) is 3.70. The van der Waals surface area contributed by atoms with Crippen LogP contribution in [-0.4, -0.2) is 5.91 Å². The molecule has 1 aliphatic heterocycles. The molecule has 0 unspecified atom stereocenters. The van der Waals surface area contributed by atoms with Crippen LogP contribution in [0.1, 0.15) is 27.8 Å². The van der Waals surface area contributed by atoms with Crippen molar-refractivity contribution in [2.45, 2.75) is 20.8 Å². The summed E-state index contributed by atoms with van der Waals surface area (Å²) in [4.78, 5) is 12.4. The normalized spacial score (nSPS) is 15.0. The third kappa shape index (κ3) is 2.23. The van der Waals surface area contributed by atoms with Crippen molar-refractivity contribution in [3.05, 3.63) is 76.3 Å². The lowest BCUT2D eigenvalue weighted by Crippen LogP contribution is -2.03. The van der Waals surface area contributed by atoms with Gasteiger partial charge >= 0.3 is 0 Å². The lowest BCUT2D eigenvalue weighted by molar-refractivity contribution is -0.110. The Morgan fingerprint density at radius 1 is 0.875 bits per heavy atom. The largest absolute Gasteiger partial charge is 0.321 e. The van der Waals surface area contributed by atoms with Gasteiger partial charge in [-0.3, -0.25) is 4.79 Å². The summed E-state index contributed by atoms with van der Waals surface area (Å²) in [6, 6.07) is 16.5. The minimum atomic E-state index is -0.0311. The number of nitrogens with one attached hydrogen (secondary N) is 1. The van der Waals surface area contributed by atoms with Crippen LogP contribution in [0.15, 0.2) is 48.5 Å². The molecule has 1 aromatic carbocycles. The van der Waals surface area contributed by atoms with Crippen molar-refractivity contribution < 1.29 is 4.79 Å². The number of para-hydroxylation sites is 1. The number of hydrogen-bond donors (Lipinski definition) is 1. The third-order valence-corrected chi connectivity index (χ3v) is 4.71. The molecule has 1 N–H and O–H groups in total. The van der Waals surface area contributed by atoms with Gasteiger partial charge in [0.1, 0.15) is 0 Å². The van der Waals surface area contributed by atoms with Gasteiger partial charge in [0.15, 0.2) is 0 Å². The number of hydrogen-bond acceptors (Lipinski definition) is 1. The highest BCUT2D eigenvalue weighted by atomic mass is 16.2. The number of carbonyl (C=O) groups is 1. The van der Waals surface area contributed by atoms with Crippen LogP contribution >= 0.6 is 0 Å². The Balaban J connectivity index is 1.93. The molecule has 1 aromatic rings. The molecule has 1 amide bonds. The van der Waals surface area contributed by atoms with Gasteiger partial charge < -0.3 is 5.32 Å². The number of benzene rings is 1. The van der Waals surface area contributed by atoms with Crippen molar-refractivity contribution in [2.24, 2.45) is 0 Å². The van der Waals surface area contributed by atoms with E-state index in [-0.39, 0.29) is 5.91 Å². The van der Waals surface area contributed by atoms with Crippen LogP contribution in [0.2, 0.25) is 0 Å². The lowest BCUT2D eigenvalue weighted by Gasteiger charge is -2.04. The second-order valence-corrected chi connectivity index (χ2v) is 6.53. The van der Waals surface area contributed by atoms with E-state index >= 15 is 0 Å². The lowest BCUT2D eigenvalue weighted by atomic mass is 9.98. The highest BCUT2D eigenvalue weighted by Gasteiger charge is 2.24. The zero-order chi connectivity index (χ0) is 16.8. The van der Waals surface area contributed by atoms with Gasteiger partial charge in [-0.15, -0.1) is 0 Å². The van der Waals surface area contributed by atoms with E-state index in [0.717, 1.165) is 22.4 Å². The molecule has 0 saturated carbocycles. The van der Waals surface area contributed by atoms with Crippen LogP contribution < -0.4 is 5.32 Å². The van der Waals surface area contributed by atoms with Crippen LogP contribution in [-0.2, 0) is 4.79 Å². The number of fused-ring (bicyclic) bond motifs is 2. The molecular weight excluding hydrogens is 294 g/mol. The molecule has 0 fully saturated rings. The zero-order valence-electron chi connectivity index (χ0n) is 14.1. The Kier molecular flexibility index (Phi) is 3.27. The Morgan fingerprint density at radius 3 is 2.46 bits per heavy atom. The van der Waals surface area contributed by atoms with Gasteiger partial charge in [0.25, 0.3) is 5.91 Å². The van der Waals surface area contributed by atoms with Crippen LogP contribution in [0.4, 0.5) is 5.69 Å². The van der Waals surface area contributed by atoms with E-state index in [1.807, 2.05) is 30.3 Å². The Bertz CT molecular complexity index is 981. The van der Waals surface area contributed by atoms with Crippen molar-refractivity contribution in [1.29, 1.82) is 0 Å². The van der Waals surface area contributed by atoms with Gasteiger partial charge in [0.2, 0.25) is 0 Å². The van der Waals surface area contributed by atoms with E-state index in [4.69, 9.17) is 0 Å². The molecule has 1 heterocycles. The summed E-state index contributed by atoms with van der Waals surface area (Å²) < 4.78 is 0. The zero-order valence-corrected chi connectivity index (χ0v) is 14.1. The summed E-state index contributed by atoms with van der Waals surface area (Å²) >= 11 is 0. The minimum absolute atomic E-state index is 0.0311. The fraction of sp³-hybridized carbons (Fsp3) is 0.136. The topological polar surface area (TPSA) is 29.1 Å². The number of aryl methyl sites for hydroxylation is 3. The van der Waals surface area contributed by atoms with E-state index in [0.29, 0.717) is 0 Å². The molecule has 2 aliphatic carbocycles. The molecule has 2 nitrogen and oxygen atoms in total. The van der Waals surface area contributed by atoms with Crippen LogP contribution in [0.5, 0.6) is 0 Å². The van der Waals surface area contributed by atoms with Crippen LogP contribution in [0.3, 0.4) is 0 Å². The smallest absolute Gasteiger partial charge is 0.256 e. The molecular formula is C22H19NO. The second kappa shape index (κ2) is 5.34.